The fourth-order valence-corrected chi connectivity index (χ4v) is 3.06. The van der Waals surface area contributed by atoms with Gasteiger partial charge in [-0.3, -0.25) is 9.89 Å². The quantitative estimate of drug-likeness (QED) is 0.596. The molecule has 9 heteroatoms. The maximum Gasteiger partial charge on any atom is 0.234 e. The van der Waals surface area contributed by atoms with Gasteiger partial charge in [-0.1, -0.05) is 29.4 Å². The molecular formula is C18H16ClFN4O2S. The maximum atomic E-state index is 13.5. The number of thioether (sulfide) groups is 1. The lowest BCUT2D eigenvalue weighted by molar-refractivity contribution is -0.113. The van der Waals surface area contributed by atoms with E-state index >= 15 is 0 Å². The van der Waals surface area contributed by atoms with Crippen molar-refractivity contribution in [1.29, 1.82) is 0 Å². The van der Waals surface area contributed by atoms with Gasteiger partial charge in [0.05, 0.1) is 18.4 Å². The molecule has 2 aromatic carbocycles. The van der Waals surface area contributed by atoms with Crippen LogP contribution in [0.15, 0.2) is 41.6 Å². The summed E-state index contributed by atoms with van der Waals surface area (Å²) in [4.78, 5) is 16.4. The van der Waals surface area contributed by atoms with Crippen LogP contribution in [0.4, 0.5) is 10.1 Å². The molecule has 0 saturated heterocycles. The molecule has 3 aromatic rings. The van der Waals surface area contributed by atoms with Gasteiger partial charge in [0.15, 0.2) is 5.82 Å². The zero-order valence-electron chi connectivity index (χ0n) is 14.5. The van der Waals surface area contributed by atoms with Gasteiger partial charge in [0, 0.05) is 10.7 Å². The van der Waals surface area contributed by atoms with E-state index in [0.717, 1.165) is 11.8 Å². The lowest BCUT2D eigenvalue weighted by atomic mass is 10.2. The smallest absolute Gasteiger partial charge is 0.234 e. The Morgan fingerprint density at radius 3 is 2.89 bits per heavy atom. The number of nitrogens with one attached hydrogen (secondary N) is 2. The van der Waals surface area contributed by atoms with Crippen molar-refractivity contribution in [1.82, 2.24) is 15.2 Å². The molecule has 0 saturated carbocycles. The molecule has 1 amide bonds. The van der Waals surface area contributed by atoms with Crippen LogP contribution in [0.2, 0.25) is 5.02 Å². The summed E-state index contributed by atoms with van der Waals surface area (Å²) in [5.41, 5.74) is 1.60. The summed E-state index contributed by atoms with van der Waals surface area (Å²) in [5.74, 6) is 0.521. The summed E-state index contributed by atoms with van der Waals surface area (Å²) in [5, 5.41) is 10.5. The minimum Gasteiger partial charge on any atom is -0.496 e. The van der Waals surface area contributed by atoms with Gasteiger partial charge in [0.1, 0.15) is 11.6 Å². The second-order valence-corrected chi connectivity index (χ2v) is 6.99. The van der Waals surface area contributed by atoms with Crippen LogP contribution in [0.1, 0.15) is 5.56 Å². The van der Waals surface area contributed by atoms with Crippen molar-refractivity contribution in [3.05, 3.63) is 52.8 Å². The van der Waals surface area contributed by atoms with Crippen LogP contribution < -0.4 is 10.1 Å². The Morgan fingerprint density at radius 2 is 2.15 bits per heavy atom. The molecular weight excluding hydrogens is 391 g/mol. The van der Waals surface area contributed by atoms with Crippen molar-refractivity contribution in [2.45, 2.75) is 12.1 Å². The lowest BCUT2D eigenvalue weighted by Crippen LogP contribution is -2.14. The van der Waals surface area contributed by atoms with Gasteiger partial charge in [0.25, 0.3) is 0 Å². The van der Waals surface area contributed by atoms with Crippen LogP contribution in [-0.2, 0) is 4.79 Å². The highest BCUT2D eigenvalue weighted by atomic mass is 35.5. The normalized spacial score (nSPS) is 10.7. The number of ether oxygens (including phenoxy) is 1. The number of rotatable bonds is 6. The first-order valence-corrected chi connectivity index (χ1v) is 9.27. The molecule has 0 bridgehead atoms. The number of H-pyrrole nitrogens is 1. The Labute approximate surface area is 164 Å². The molecule has 1 aromatic heterocycles. The zero-order chi connectivity index (χ0) is 19.4. The number of carbonyl (C=O) groups excluding carboxylic acids is 1. The van der Waals surface area contributed by atoms with E-state index in [-0.39, 0.29) is 17.5 Å². The second kappa shape index (κ2) is 8.41. The molecule has 0 spiro atoms. The number of halogens is 2. The fourth-order valence-electron chi connectivity index (χ4n) is 2.29. The van der Waals surface area contributed by atoms with E-state index < -0.39 is 0 Å². The Balaban J connectivity index is 1.63. The van der Waals surface area contributed by atoms with E-state index in [1.54, 1.807) is 44.4 Å². The molecule has 0 aliphatic carbocycles. The molecule has 6 nitrogen and oxygen atoms in total. The molecule has 140 valence electrons. The second-order valence-electron chi connectivity index (χ2n) is 5.61. The van der Waals surface area contributed by atoms with E-state index in [0.29, 0.717) is 38.6 Å². The van der Waals surface area contributed by atoms with Gasteiger partial charge in [-0.15, -0.1) is 5.10 Å². The highest BCUT2D eigenvalue weighted by Gasteiger charge is 2.13. The van der Waals surface area contributed by atoms with Crippen molar-refractivity contribution in [3.63, 3.8) is 0 Å². The summed E-state index contributed by atoms with van der Waals surface area (Å²) in [6, 6.07) is 9.72. The van der Waals surface area contributed by atoms with Crippen LogP contribution >= 0.6 is 23.4 Å². The van der Waals surface area contributed by atoms with Gasteiger partial charge in [-0.25, -0.2) is 9.37 Å². The van der Waals surface area contributed by atoms with Gasteiger partial charge < -0.3 is 10.1 Å². The highest BCUT2D eigenvalue weighted by Crippen LogP contribution is 2.31. The number of hydrogen-bond donors (Lipinski definition) is 2. The SMILES string of the molecule is COc1ccc(Cl)cc1-c1nc(SCC(=O)Nc2ccc(C)c(F)c2)n[nH]1. The van der Waals surface area contributed by atoms with Crippen molar-refractivity contribution in [3.8, 4) is 17.1 Å². The summed E-state index contributed by atoms with van der Waals surface area (Å²) in [7, 11) is 1.55. The number of methoxy groups -OCH3 is 1. The van der Waals surface area contributed by atoms with E-state index in [2.05, 4.69) is 20.5 Å². The standard InChI is InChI=1S/C18H16ClFN4O2S/c1-10-3-5-12(8-14(10)20)21-16(25)9-27-18-22-17(23-24-18)13-7-11(19)4-6-15(13)26-2/h3-8H,9H2,1-2H3,(H,21,25)(H,22,23,24). The summed E-state index contributed by atoms with van der Waals surface area (Å²) >= 11 is 7.18. The number of aromatic nitrogens is 3. The van der Waals surface area contributed by atoms with E-state index in [1.165, 1.54) is 6.07 Å². The van der Waals surface area contributed by atoms with Crippen molar-refractivity contribution in [2.75, 3.05) is 18.2 Å². The number of carbonyl (C=O) groups is 1. The fraction of sp³-hybridized carbons (Fsp3) is 0.167. The van der Waals surface area contributed by atoms with Crippen molar-refractivity contribution >= 4 is 35.0 Å². The first-order chi connectivity index (χ1) is 13.0. The van der Waals surface area contributed by atoms with Crippen LogP contribution in [-0.4, -0.2) is 34.0 Å². The predicted octanol–water partition coefficient (Wildman–Crippen LogP) is 4.31. The summed E-state index contributed by atoms with van der Waals surface area (Å²) in [6.45, 7) is 1.66. The molecule has 2 N–H and O–H groups in total. The number of amides is 1. The average Bonchev–Trinajstić information content (AvgIpc) is 3.12. The Kier molecular flexibility index (Phi) is 5.98. The molecule has 0 atom stereocenters. The third-order valence-corrected chi connectivity index (χ3v) is 4.75. The van der Waals surface area contributed by atoms with Crippen LogP contribution in [0.25, 0.3) is 11.4 Å². The van der Waals surface area contributed by atoms with Gasteiger partial charge in [-0.2, -0.15) is 0 Å². The Hall–Kier alpha value is -2.58. The molecule has 0 unspecified atom stereocenters. The molecule has 27 heavy (non-hydrogen) atoms. The number of hydrogen-bond acceptors (Lipinski definition) is 5. The Bertz CT molecular complexity index is 980. The number of benzene rings is 2. The monoisotopic (exact) mass is 406 g/mol. The van der Waals surface area contributed by atoms with Crippen molar-refractivity contribution in [2.24, 2.45) is 0 Å². The van der Waals surface area contributed by atoms with Gasteiger partial charge >= 0.3 is 0 Å². The van der Waals surface area contributed by atoms with Crippen LogP contribution in [0.5, 0.6) is 5.75 Å². The lowest BCUT2D eigenvalue weighted by Gasteiger charge is -2.06. The molecule has 0 fully saturated rings. The van der Waals surface area contributed by atoms with E-state index in [9.17, 15) is 9.18 Å². The van der Waals surface area contributed by atoms with Crippen LogP contribution in [0.3, 0.4) is 0 Å². The topological polar surface area (TPSA) is 79.9 Å². The van der Waals surface area contributed by atoms with Gasteiger partial charge in [0.2, 0.25) is 11.1 Å². The van der Waals surface area contributed by atoms with Gasteiger partial charge in [-0.05, 0) is 42.8 Å². The Morgan fingerprint density at radius 1 is 1.33 bits per heavy atom. The third kappa shape index (κ3) is 4.78. The number of aryl methyl sites for hydroxylation is 1. The molecule has 0 aliphatic heterocycles. The predicted molar refractivity (Wildman–Crippen MR) is 104 cm³/mol. The highest BCUT2D eigenvalue weighted by molar-refractivity contribution is 7.99. The average molecular weight is 407 g/mol. The molecule has 3 rings (SSSR count). The van der Waals surface area contributed by atoms with E-state index in [1.807, 2.05) is 0 Å². The minimum absolute atomic E-state index is 0.0828. The van der Waals surface area contributed by atoms with Crippen molar-refractivity contribution < 1.29 is 13.9 Å². The largest absolute Gasteiger partial charge is 0.496 e. The number of anilines is 1. The number of aromatic amines is 1. The number of nitrogens with zero attached hydrogens (tertiary/aromatic N) is 2. The van der Waals surface area contributed by atoms with E-state index in [4.69, 9.17) is 16.3 Å². The molecule has 0 radical (unpaired) electrons. The summed E-state index contributed by atoms with van der Waals surface area (Å²) < 4.78 is 18.8. The zero-order valence-corrected chi connectivity index (χ0v) is 16.1. The minimum atomic E-state index is -0.366. The van der Waals surface area contributed by atoms with Crippen LogP contribution in [0, 0.1) is 12.7 Å². The maximum absolute atomic E-state index is 13.5. The first-order valence-electron chi connectivity index (χ1n) is 7.91. The molecule has 0 aliphatic rings. The first kappa shape index (κ1) is 19.2. The third-order valence-electron chi connectivity index (χ3n) is 3.67. The summed E-state index contributed by atoms with van der Waals surface area (Å²) in [6.07, 6.45) is 0. The molecule has 1 heterocycles.